The van der Waals surface area contributed by atoms with Crippen LogP contribution in [0, 0.1) is 0 Å². The number of nitrogens with one attached hydrogen (secondary N) is 1. The van der Waals surface area contributed by atoms with Crippen LogP contribution in [0.5, 0.6) is 17.2 Å². The van der Waals surface area contributed by atoms with Crippen molar-refractivity contribution in [3.63, 3.8) is 0 Å². The Kier molecular flexibility index (Phi) is 8.77. The van der Waals surface area contributed by atoms with Crippen LogP contribution in [0.4, 0.5) is 10.5 Å². The van der Waals surface area contributed by atoms with Crippen LogP contribution in [-0.4, -0.2) is 31.1 Å². The van der Waals surface area contributed by atoms with E-state index in [9.17, 15) is 14.4 Å². The molecule has 1 aliphatic rings. The smallest absolute Gasteiger partial charge is 0.335 e. The fraction of sp³-hybridized carbons (Fsp3) is 0.233. The minimum absolute atomic E-state index is 0.173. The van der Waals surface area contributed by atoms with E-state index in [1.54, 1.807) is 42.5 Å². The number of carbonyl (C=O) groups is 3. The lowest BCUT2D eigenvalue weighted by Crippen LogP contribution is -2.54. The summed E-state index contributed by atoms with van der Waals surface area (Å²) in [6.07, 6.45) is 3.37. The van der Waals surface area contributed by atoms with Crippen LogP contribution < -0.4 is 24.4 Å². The molecule has 1 N–H and O–H groups in total. The number of imide groups is 2. The van der Waals surface area contributed by atoms with Crippen LogP contribution in [0.1, 0.15) is 37.8 Å². The Hall–Kier alpha value is -4.59. The molecular formula is C30H30N2O6. The van der Waals surface area contributed by atoms with Crippen LogP contribution in [0.2, 0.25) is 0 Å². The number of unbranched alkanes of at least 4 members (excludes halogenated alkanes) is 1. The van der Waals surface area contributed by atoms with Crippen molar-refractivity contribution in [3.8, 4) is 17.2 Å². The molecule has 3 aromatic carbocycles. The number of nitrogens with zero attached hydrogens (tertiary/aromatic N) is 1. The number of hydrogen-bond acceptors (Lipinski definition) is 6. The third-order valence-corrected chi connectivity index (χ3v) is 5.78. The average molecular weight is 515 g/mol. The molecule has 4 rings (SSSR count). The normalized spacial score (nSPS) is 14.4. The number of benzene rings is 3. The standard InChI is InChI=1S/C30H30N2O6/c1-3-5-17-37-24-14-12-23(13-15-24)32-29(34)25(28(33)31-30(32)35)18-22-11-16-26(27(19-22)36-4-2)38-20-21-9-7-6-8-10-21/h6-16,18-19H,3-5,17,20H2,1-2H3,(H,31,33,35)/b25-18-. The van der Waals surface area contributed by atoms with E-state index in [1.165, 1.54) is 6.08 Å². The largest absolute Gasteiger partial charge is 0.494 e. The van der Waals surface area contributed by atoms with Crippen molar-refractivity contribution in [1.29, 1.82) is 0 Å². The summed E-state index contributed by atoms with van der Waals surface area (Å²) in [6, 6.07) is 20.7. The van der Waals surface area contributed by atoms with Crippen molar-refractivity contribution in [1.82, 2.24) is 5.32 Å². The lowest BCUT2D eigenvalue weighted by Gasteiger charge is -2.26. The van der Waals surface area contributed by atoms with E-state index in [2.05, 4.69) is 12.2 Å². The fourth-order valence-corrected chi connectivity index (χ4v) is 3.82. The Labute approximate surface area is 221 Å². The number of ether oxygens (including phenoxy) is 3. The first kappa shape index (κ1) is 26.5. The molecule has 4 amide bonds. The summed E-state index contributed by atoms with van der Waals surface area (Å²) in [5.41, 5.74) is 1.71. The van der Waals surface area contributed by atoms with E-state index >= 15 is 0 Å². The van der Waals surface area contributed by atoms with E-state index in [1.807, 2.05) is 37.3 Å². The molecule has 8 nitrogen and oxygen atoms in total. The molecule has 0 spiro atoms. The van der Waals surface area contributed by atoms with Crippen molar-refractivity contribution < 1.29 is 28.6 Å². The molecule has 0 aromatic heterocycles. The monoisotopic (exact) mass is 514 g/mol. The number of urea groups is 1. The quantitative estimate of drug-likeness (QED) is 0.206. The Morgan fingerprint density at radius 3 is 2.32 bits per heavy atom. The van der Waals surface area contributed by atoms with Gasteiger partial charge in [-0.1, -0.05) is 49.7 Å². The fourth-order valence-electron chi connectivity index (χ4n) is 3.82. The predicted molar refractivity (Wildman–Crippen MR) is 144 cm³/mol. The topological polar surface area (TPSA) is 94.2 Å². The maximum Gasteiger partial charge on any atom is 0.335 e. The zero-order chi connectivity index (χ0) is 26.9. The van der Waals surface area contributed by atoms with Crippen molar-refractivity contribution in [2.75, 3.05) is 18.1 Å². The number of carbonyl (C=O) groups excluding carboxylic acids is 3. The molecule has 0 unspecified atom stereocenters. The van der Waals surface area contributed by atoms with Crippen LogP contribution in [0.3, 0.4) is 0 Å². The molecule has 1 saturated heterocycles. The summed E-state index contributed by atoms with van der Waals surface area (Å²) in [4.78, 5) is 39.4. The third kappa shape index (κ3) is 6.39. The van der Waals surface area contributed by atoms with Gasteiger partial charge in [-0.15, -0.1) is 0 Å². The highest BCUT2D eigenvalue weighted by molar-refractivity contribution is 6.39. The van der Waals surface area contributed by atoms with E-state index in [0.29, 0.717) is 48.3 Å². The first-order chi connectivity index (χ1) is 18.5. The van der Waals surface area contributed by atoms with Gasteiger partial charge in [-0.25, -0.2) is 9.69 Å². The number of amides is 4. The molecule has 1 heterocycles. The molecule has 3 aromatic rings. The zero-order valence-electron chi connectivity index (χ0n) is 21.4. The minimum Gasteiger partial charge on any atom is -0.494 e. The molecule has 0 saturated carbocycles. The van der Waals surface area contributed by atoms with Gasteiger partial charge in [0.1, 0.15) is 17.9 Å². The molecule has 0 bridgehead atoms. The van der Waals surface area contributed by atoms with Gasteiger partial charge in [0.05, 0.1) is 18.9 Å². The van der Waals surface area contributed by atoms with E-state index in [-0.39, 0.29) is 5.57 Å². The van der Waals surface area contributed by atoms with Crippen LogP contribution in [0.25, 0.3) is 6.08 Å². The first-order valence-electron chi connectivity index (χ1n) is 12.6. The van der Waals surface area contributed by atoms with Gasteiger partial charge in [0.15, 0.2) is 11.5 Å². The summed E-state index contributed by atoms with van der Waals surface area (Å²) in [6.45, 7) is 5.28. The number of anilines is 1. The molecule has 38 heavy (non-hydrogen) atoms. The molecule has 0 aliphatic carbocycles. The highest BCUT2D eigenvalue weighted by atomic mass is 16.5. The van der Waals surface area contributed by atoms with Gasteiger partial charge in [0.2, 0.25) is 0 Å². The van der Waals surface area contributed by atoms with E-state index < -0.39 is 17.8 Å². The lowest BCUT2D eigenvalue weighted by atomic mass is 10.1. The van der Waals surface area contributed by atoms with Crippen LogP contribution >= 0.6 is 0 Å². The number of barbiturate groups is 1. The van der Waals surface area contributed by atoms with Gasteiger partial charge < -0.3 is 14.2 Å². The Bertz CT molecular complexity index is 1320. The SMILES string of the molecule is CCCCOc1ccc(N2C(=O)NC(=O)/C(=C/c3ccc(OCc4ccccc4)c(OCC)c3)C2=O)cc1. The van der Waals surface area contributed by atoms with Crippen LogP contribution in [-0.2, 0) is 16.2 Å². The third-order valence-electron chi connectivity index (χ3n) is 5.78. The van der Waals surface area contributed by atoms with Crippen LogP contribution in [0.15, 0.2) is 78.4 Å². The van der Waals surface area contributed by atoms with Crippen molar-refractivity contribution in [2.24, 2.45) is 0 Å². The highest BCUT2D eigenvalue weighted by Gasteiger charge is 2.36. The second-order valence-corrected chi connectivity index (χ2v) is 8.57. The van der Waals surface area contributed by atoms with Gasteiger partial charge >= 0.3 is 6.03 Å². The molecular weight excluding hydrogens is 484 g/mol. The van der Waals surface area contributed by atoms with E-state index in [4.69, 9.17) is 14.2 Å². The van der Waals surface area contributed by atoms with Crippen molar-refractivity contribution >= 4 is 29.6 Å². The van der Waals surface area contributed by atoms with Gasteiger partial charge in [-0.05, 0) is 66.9 Å². The lowest BCUT2D eigenvalue weighted by molar-refractivity contribution is -0.122. The summed E-state index contributed by atoms with van der Waals surface area (Å²) in [7, 11) is 0. The molecule has 1 aliphatic heterocycles. The van der Waals surface area contributed by atoms with Crippen molar-refractivity contribution in [2.45, 2.75) is 33.3 Å². The molecule has 0 radical (unpaired) electrons. The predicted octanol–water partition coefficient (Wildman–Crippen LogP) is 5.51. The Morgan fingerprint density at radius 1 is 0.842 bits per heavy atom. The number of rotatable bonds is 11. The maximum absolute atomic E-state index is 13.3. The summed E-state index contributed by atoms with van der Waals surface area (Å²) in [5.74, 6) is 0.166. The average Bonchev–Trinajstić information content (AvgIpc) is 2.92. The minimum atomic E-state index is -0.809. The Balaban J connectivity index is 1.55. The molecule has 8 heteroatoms. The summed E-state index contributed by atoms with van der Waals surface area (Å²) < 4.78 is 17.3. The highest BCUT2D eigenvalue weighted by Crippen LogP contribution is 2.31. The second-order valence-electron chi connectivity index (χ2n) is 8.57. The Morgan fingerprint density at radius 2 is 1.61 bits per heavy atom. The summed E-state index contributed by atoms with van der Waals surface area (Å²) >= 11 is 0. The second kappa shape index (κ2) is 12.6. The van der Waals surface area contributed by atoms with Gasteiger partial charge in [-0.2, -0.15) is 0 Å². The van der Waals surface area contributed by atoms with Crippen molar-refractivity contribution in [3.05, 3.63) is 89.5 Å². The first-order valence-corrected chi connectivity index (χ1v) is 12.6. The molecule has 1 fully saturated rings. The van der Waals surface area contributed by atoms with Gasteiger partial charge in [0.25, 0.3) is 11.8 Å². The van der Waals surface area contributed by atoms with Gasteiger partial charge in [-0.3, -0.25) is 14.9 Å². The zero-order valence-corrected chi connectivity index (χ0v) is 21.4. The van der Waals surface area contributed by atoms with E-state index in [0.717, 1.165) is 23.3 Å². The van der Waals surface area contributed by atoms with Gasteiger partial charge in [0, 0.05) is 0 Å². The molecule has 196 valence electrons. The maximum atomic E-state index is 13.3. The molecule has 0 atom stereocenters. The summed E-state index contributed by atoms with van der Waals surface area (Å²) in [5, 5.41) is 2.25. The number of hydrogen-bond donors (Lipinski definition) is 1.